The van der Waals surface area contributed by atoms with Crippen LogP contribution in [0.3, 0.4) is 0 Å². The maximum atomic E-state index is 5.71. The third-order valence-electron chi connectivity index (χ3n) is 2.31. The van der Waals surface area contributed by atoms with Crippen LogP contribution in [0, 0.1) is 5.92 Å². The van der Waals surface area contributed by atoms with Crippen LogP contribution in [0.1, 0.15) is 19.8 Å². The van der Waals surface area contributed by atoms with E-state index in [4.69, 9.17) is 11.6 Å². The zero-order valence-corrected chi connectivity index (χ0v) is 8.25. The lowest BCUT2D eigenvalue weighted by molar-refractivity contribution is 0.690. The van der Waals surface area contributed by atoms with Gasteiger partial charge in [0.05, 0.1) is 12.4 Å². The first-order chi connectivity index (χ1) is 6.25. The highest BCUT2D eigenvalue weighted by Crippen LogP contribution is 2.33. The Hall–Kier alpha value is -0.830. The summed E-state index contributed by atoms with van der Waals surface area (Å²) in [7, 11) is 0. The summed E-state index contributed by atoms with van der Waals surface area (Å²) in [6.07, 6.45) is 5.88. The maximum Gasteiger partial charge on any atom is 0.149 e. The van der Waals surface area contributed by atoms with Crippen molar-refractivity contribution in [3.8, 4) is 0 Å². The van der Waals surface area contributed by atoms with Gasteiger partial charge in [0.25, 0.3) is 0 Å². The van der Waals surface area contributed by atoms with Crippen LogP contribution in [0.2, 0.25) is 5.15 Å². The van der Waals surface area contributed by atoms with Crippen molar-refractivity contribution in [1.82, 2.24) is 9.97 Å². The van der Waals surface area contributed by atoms with Crippen LogP contribution in [0.5, 0.6) is 0 Å². The molecule has 2 rings (SSSR count). The Morgan fingerprint density at radius 1 is 1.54 bits per heavy atom. The summed E-state index contributed by atoms with van der Waals surface area (Å²) in [5, 5.41) is 3.72. The summed E-state index contributed by atoms with van der Waals surface area (Å²) >= 11 is 5.71. The molecule has 0 saturated heterocycles. The summed E-state index contributed by atoms with van der Waals surface area (Å²) < 4.78 is 0. The van der Waals surface area contributed by atoms with Crippen molar-refractivity contribution >= 4 is 17.4 Å². The Morgan fingerprint density at radius 3 is 2.92 bits per heavy atom. The molecule has 1 heterocycles. The average Bonchev–Trinajstić information content (AvgIpc) is 2.85. The second-order valence-electron chi connectivity index (χ2n) is 3.50. The highest BCUT2D eigenvalue weighted by molar-refractivity contribution is 6.29. The normalized spacial score (nSPS) is 18.3. The molecule has 1 atom stereocenters. The molecule has 1 unspecified atom stereocenters. The van der Waals surface area contributed by atoms with E-state index in [0.717, 1.165) is 11.7 Å². The molecule has 1 aromatic rings. The van der Waals surface area contributed by atoms with E-state index in [0.29, 0.717) is 11.2 Å². The summed E-state index contributed by atoms with van der Waals surface area (Å²) in [6.45, 7) is 2.17. The van der Waals surface area contributed by atoms with Crippen molar-refractivity contribution in [2.75, 3.05) is 5.32 Å². The molecule has 1 aliphatic rings. The van der Waals surface area contributed by atoms with Gasteiger partial charge in [0, 0.05) is 6.04 Å². The molecular formula is C9H12ClN3. The number of hydrogen-bond donors (Lipinski definition) is 1. The minimum Gasteiger partial charge on any atom is -0.366 e. The molecule has 0 aliphatic heterocycles. The van der Waals surface area contributed by atoms with Crippen LogP contribution < -0.4 is 5.32 Å². The second kappa shape index (κ2) is 3.50. The van der Waals surface area contributed by atoms with E-state index < -0.39 is 0 Å². The van der Waals surface area contributed by atoms with Gasteiger partial charge in [-0.3, -0.25) is 4.98 Å². The van der Waals surface area contributed by atoms with Gasteiger partial charge in [-0.05, 0) is 25.7 Å². The van der Waals surface area contributed by atoms with Crippen LogP contribution in [-0.2, 0) is 0 Å². The van der Waals surface area contributed by atoms with Gasteiger partial charge in [0.15, 0.2) is 0 Å². The Morgan fingerprint density at radius 2 is 2.31 bits per heavy atom. The molecule has 0 spiro atoms. The first kappa shape index (κ1) is 8.75. The number of aromatic nitrogens is 2. The lowest BCUT2D eigenvalue weighted by Gasteiger charge is -2.12. The van der Waals surface area contributed by atoms with E-state index in [2.05, 4.69) is 22.2 Å². The Labute approximate surface area is 82.5 Å². The van der Waals surface area contributed by atoms with E-state index >= 15 is 0 Å². The number of rotatable bonds is 3. The van der Waals surface area contributed by atoms with Crippen molar-refractivity contribution in [3.05, 3.63) is 17.5 Å². The third kappa shape index (κ3) is 2.31. The number of nitrogens with one attached hydrogen (secondary N) is 1. The summed E-state index contributed by atoms with van der Waals surface area (Å²) in [5.74, 6) is 1.58. The van der Waals surface area contributed by atoms with Crippen LogP contribution in [0.4, 0.5) is 5.82 Å². The van der Waals surface area contributed by atoms with Gasteiger partial charge < -0.3 is 5.32 Å². The molecule has 1 aliphatic carbocycles. The van der Waals surface area contributed by atoms with Crippen molar-refractivity contribution in [2.24, 2.45) is 5.92 Å². The van der Waals surface area contributed by atoms with Crippen LogP contribution in [0.25, 0.3) is 0 Å². The lowest BCUT2D eigenvalue weighted by Crippen LogP contribution is -2.18. The minimum atomic E-state index is 0.438. The molecule has 3 nitrogen and oxygen atoms in total. The number of hydrogen-bond acceptors (Lipinski definition) is 3. The molecular weight excluding hydrogens is 186 g/mol. The smallest absolute Gasteiger partial charge is 0.149 e. The van der Waals surface area contributed by atoms with Crippen LogP contribution >= 0.6 is 11.6 Å². The van der Waals surface area contributed by atoms with Gasteiger partial charge in [0.1, 0.15) is 11.0 Å². The predicted octanol–water partition coefficient (Wildman–Crippen LogP) is 2.34. The van der Waals surface area contributed by atoms with Gasteiger partial charge in [-0.25, -0.2) is 4.98 Å². The molecule has 0 radical (unpaired) electrons. The maximum absolute atomic E-state index is 5.71. The molecule has 13 heavy (non-hydrogen) atoms. The van der Waals surface area contributed by atoms with E-state index in [9.17, 15) is 0 Å². The zero-order valence-electron chi connectivity index (χ0n) is 7.50. The van der Waals surface area contributed by atoms with Gasteiger partial charge in [-0.1, -0.05) is 11.6 Å². The second-order valence-corrected chi connectivity index (χ2v) is 3.88. The Kier molecular flexibility index (Phi) is 2.36. The molecule has 0 aromatic carbocycles. The van der Waals surface area contributed by atoms with Gasteiger partial charge >= 0.3 is 0 Å². The Balaban J connectivity index is 2.00. The highest BCUT2D eigenvalue weighted by atomic mass is 35.5. The van der Waals surface area contributed by atoms with E-state index in [1.54, 1.807) is 6.20 Å². The molecule has 1 fully saturated rings. The van der Waals surface area contributed by atoms with Crippen molar-refractivity contribution < 1.29 is 0 Å². The number of halogens is 1. The Bertz CT molecular complexity index is 299. The average molecular weight is 198 g/mol. The molecule has 1 aromatic heterocycles. The van der Waals surface area contributed by atoms with Gasteiger partial charge in [-0.2, -0.15) is 0 Å². The number of nitrogens with zero attached hydrogens (tertiary/aromatic N) is 2. The first-order valence-corrected chi connectivity index (χ1v) is 4.87. The summed E-state index contributed by atoms with van der Waals surface area (Å²) in [4.78, 5) is 8.08. The van der Waals surface area contributed by atoms with Crippen LogP contribution in [-0.4, -0.2) is 16.0 Å². The van der Waals surface area contributed by atoms with E-state index in [-0.39, 0.29) is 0 Å². The molecule has 1 saturated carbocycles. The van der Waals surface area contributed by atoms with Crippen molar-refractivity contribution in [3.63, 3.8) is 0 Å². The molecule has 0 bridgehead atoms. The zero-order chi connectivity index (χ0) is 9.26. The fourth-order valence-electron chi connectivity index (χ4n) is 1.36. The fourth-order valence-corrected chi connectivity index (χ4v) is 1.51. The standard InChI is InChI=1S/C9H12ClN3/c1-6(7-2-3-7)12-9-5-11-4-8(10)13-9/h4-7H,2-3H2,1H3,(H,12,13). The first-order valence-electron chi connectivity index (χ1n) is 4.50. The summed E-state index contributed by atoms with van der Waals surface area (Å²) in [6, 6.07) is 0.479. The van der Waals surface area contributed by atoms with Crippen LogP contribution in [0.15, 0.2) is 12.4 Å². The monoisotopic (exact) mass is 197 g/mol. The fraction of sp³-hybridized carbons (Fsp3) is 0.556. The minimum absolute atomic E-state index is 0.438. The largest absolute Gasteiger partial charge is 0.366 e. The summed E-state index contributed by atoms with van der Waals surface area (Å²) in [5.41, 5.74) is 0. The molecule has 4 heteroatoms. The number of anilines is 1. The topological polar surface area (TPSA) is 37.8 Å². The van der Waals surface area contributed by atoms with E-state index in [1.807, 2.05) is 0 Å². The lowest BCUT2D eigenvalue weighted by atomic mass is 10.2. The highest BCUT2D eigenvalue weighted by Gasteiger charge is 2.27. The van der Waals surface area contributed by atoms with Gasteiger partial charge in [0.2, 0.25) is 0 Å². The molecule has 0 amide bonds. The van der Waals surface area contributed by atoms with E-state index in [1.165, 1.54) is 19.0 Å². The van der Waals surface area contributed by atoms with Gasteiger partial charge in [-0.15, -0.1) is 0 Å². The third-order valence-corrected chi connectivity index (χ3v) is 2.49. The predicted molar refractivity (Wildman–Crippen MR) is 52.9 cm³/mol. The molecule has 1 N–H and O–H groups in total. The molecule has 70 valence electrons. The van der Waals surface area contributed by atoms with Crippen molar-refractivity contribution in [1.29, 1.82) is 0 Å². The quantitative estimate of drug-likeness (QED) is 0.809. The van der Waals surface area contributed by atoms with Crippen molar-refractivity contribution in [2.45, 2.75) is 25.8 Å². The SMILES string of the molecule is CC(Nc1cncc(Cl)n1)C1CC1.